The fourth-order valence-electron chi connectivity index (χ4n) is 2.90. The molecule has 142 valence electrons. The third-order valence-corrected chi connectivity index (χ3v) is 4.12. The van der Waals surface area contributed by atoms with E-state index >= 15 is 0 Å². The van der Waals surface area contributed by atoms with E-state index in [4.69, 9.17) is 4.74 Å². The van der Waals surface area contributed by atoms with E-state index in [-0.39, 0.29) is 24.3 Å². The van der Waals surface area contributed by atoms with Crippen molar-refractivity contribution < 1.29 is 14.3 Å². The van der Waals surface area contributed by atoms with Crippen molar-refractivity contribution in [3.05, 3.63) is 53.9 Å². The van der Waals surface area contributed by atoms with Crippen molar-refractivity contribution in [1.82, 2.24) is 19.9 Å². The molecular weight excluding hydrogens is 358 g/mol. The summed E-state index contributed by atoms with van der Waals surface area (Å²) in [5.74, 6) is 0.769. The normalized spacial score (nSPS) is 15.5. The number of fused-ring (bicyclic) bond motifs is 1. The molecule has 0 unspecified atom stereocenters. The van der Waals surface area contributed by atoms with E-state index in [1.807, 2.05) is 38.1 Å². The van der Waals surface area contributed by atoms with Crippen LogP contribution in [-0.4, -0.2) is 32.5 Å². The molecule has 0 saturated carbocycles. The Morgan fingerprint density at radius 2 is 2.00 bits per heavy atom. The Morgan fingerprint density at radius 3 is 2.68 bits per heavy atom. The second-order valence-electron chi connectivity index (χ2n) is 6.72. The number of nitrogens with one attached hydrogen (secondary N) is 2. The summed E-state index contributed by atoms with van der Waals surface area (Å²) in [6.07, 6.45) is 5.24. The van der Waals surface area contributed by atoms with Gasteiger partial charge in [-0.3, -0.25) is 14.9 Å². The van der Waals surface area contributed by atoms with E-state index < -0.39 is 0 Å². The molecule has 1 aliphatic rings. The van der Waals surface area contributed by atoms with Gasteiger partial charge in [0.15, 0.2) is 5.65 Å². The van der Waals surface area contributed by atoms with Crippen LogP contribution in [0.2, 0.25) is 0 Å². The highest BCUT2D eigenvalue weighted by Crippen LogP contribution is 2.22. The summed E-state index contributed by atoms with van der Waals surface area (Å²) in [7, 11) is 0. The standard InChI is InChI=1S/C20H19N5O3/c1-12(2)28-16-5-3-15(4-6-16)22-17-7-8-25-19(23-17)14(11-21-25)9-13-10-18(26)24-20(13)27/h3-9,11-12H,10H2,1-2H3,(H,22,23)(H,24,26,27)/b13-9+. The van der Waals surface area contributed by atoms with Gasteiger partial charge in [0.2, 0.25) is 5.91 Å². The van der Waals surface area contributed by atoms with Crippen LogP contribution >= 0.6 is 0 Å². The maximum atomic E-state index is 11.8. The van der Waals surface area contributed by atoms with Gasteiger partial charge in [0.1, 0.15) is 11.6 Å². The van der Waals surface area contributed by atoms with Gasteiger partial charge in [-0.15, -0.1) is 0 Å². The quantitative estimate of drug-likeness (QED) is 0.524. The molecule has 0 spiro atoms. The number of nitrogens with zero attached hydrogens (tertiary/aromatic N) is 3. The van der Waals surface area contributed by atoms with Crippen molar-refractivity contribution in [2.75, 3.05) is 5.32 Å². The number of hydrogen-bond donors (Lipinski definition) is 2. The zero-order chi connectivity index (χ0) is 19.7. The average molecular weight is 377 g/mol. The number of carbonyl (C=O) groups is 2. The smallest absolute Gasteiger partial charge is 0.254 e. The Hall–Kier alpha value is -3.68. The molecule has 1 aromatic carbocycles. The Labute approximate surface area is 161 Å². The van der Waals surface area contributed by atoms with Crippen molar-refractivity contribution >= 4 is 35.0 Å². The number of aromatic nitrogens is 3. The SMILES string of the molecule is CC(C)Oc1ccc(Nc2ccn3ncc(/C=C4\CC(=O)NC4=O)c3n2)cc1. The first-order chi connectivity index (χ1) is 13.5. The minimum Gasteiger partial charge on any atom is -0.491 e. The minimum atomic E-state index is -0.373. The maximum absolute atomic E-state index is 11.8. The topological polar surface area (TPSA) is 97.6 Å². The van der Waals surface area contributed by atoms with E-state index in [1.54, 1.807) is 29.1 Å². The third-order valence-electron chi connectivity index (χ3n) is 4.12. The summed E-state index contributed by atoms with van der Waals surface area (Å²) < 4.78 is 7.26. The first-order valence-electron chi connectivity index (χ1n) is 8.91. The lowest BCUT2D eigenvalue weighted by molar-refractivity contribution is -0.124. The molecule has 8 heteroatoms. The van der Waals surface area contributed by atoms with E-state index in [9.17, 15) is 9.59 Å². The van der Waals surface area contributed by atoms with E-state index in [1.165, 1.54) is 0 Å². The highest BCUT2D eigenvalue weighted by molar-refractivity contribution is 6.15. The van der Waals surface area contributed by atoms with Crippen LogP contribution in [0.25, 0.3) is 11.7 Å². The predicted octanol–water partition coefficient (Wildman–Crippen LogP) is 2.69. The number of carbonyl (C=O) groups excluding carboxylic acids is 2. The number of anilines is 2. The van der Waals surface area contributed by atoms with Gasteiger partial charge in [-0.1, -0.05) is 0 Å². The second kappa shape index (κ2) is 7.15. The van der Waals surface area contributed by atoms with Crippen LogP contribution in [0.3, 0.4) is 0 Å². The lowest BCUT2D eigenvalue weighted by Crippen LogP contribution is -2.19. The van der Waals surface area contributed by atoms with Gasteiger partial charge in [0, 0.05) is 23.0 Å². The number of benzene rings is 1. The van der Waals surface area contributed by atoms with Gasteiger partial charge in [-0.25, -0.2) is 9.50 Å². The van der Waals surface area contributed by atoms with Crippen molar-refractivity contribution in [2.45, 2.75) is 26.4 Å². The van der Waals surface area contributed by atoms with Gasteiger partial charge >= 0.3 is 0 Å². The summed E-state index contributed by atoms with van der Waals surface area (Å²) in [6.45, 7) is 3.96. The zero-order valence-corrected chi connectivity index (χ0v) is 15.5. The highest BCUT2D eigenvalue weighted by atomic mass is 16.5. The van der Waals surface area contributed by atoms with Crippen LogP contribution in [0.1, 0.15) is 25.8 Å². The van der Waals surface area contributed by atoms with Crippen molar-refractivity contribution in [3.8, 4) is 5.75 Å². The van der Waals surface area contributed by atoms with Gasteiger partial charge in [0.25, 0.3) is 5.91 Å². The molecule has 1 fully saturated rings. The van der Waals surface area contributed by atoms with Crippen LogP contribution in [0, 0.1) is 0 Å². The van der Waals surface area contributed by atoms with Crippen LogP contribution in [0.4, 0.5) is 11.5 Å². The Morgan fingerprint density at radius 1 is 1.21 bits per heavy atom. The lowest BCUT2D eigenvalue weighted by Gasteiger charge is -2.11. The second-order valence-corrected chi connectivity index (χ2v) is 6.72. The molecule has 28 heavy (non-hydrogen) atoms. The highest BCUT2D eigenvalue weighted by Gasteiger charge is 2.24. The average Bonchev–Trinajstić information content (AvgIpc) is 3.19. The number of rotatable bonds is 5. The summed E-state index contributed by atoms with van der Waals surface area (Å²) in [4.78, 5) is 27.7. The van der Waals surface area contributed by atoms with Crippen molar-refractivity contribution in [2.24, 2.45) is 0 Å². The van der Waals surface area contributed by atoms with Gasteiger partial charge < -0.3 is 10.1 Å². The number of hydrogen-bond acceptors (Lipinski definition) is 6. The Kier molecular flexibility index (Phi) is 4.52. The molecule has 3 heterocycles. The third kappa shape index (κ3) is 3.71. The van der Waals surface area contributed by atoms with Crippen molar-refractivity contribution in [1.29, 1.82) is 0 Å². The van der Waals surface area contributed by atoms with E-state index in [0.29, 0.717) is 22.6 Å². The van der Waals surface area contributed by atoms with Crippen LogP contribution in [0.15, 0.2) is 48.3 Å². The molecule has 0 atom stereocenters. The molecule has 3 aromatic rings. The molecule has 2 N–H and O–H groups in total. The summed E-state index contributed by atoms with van der Waals surface area (Å²) in [6, 6.07) is 9.42. The molecule has 1 aliphatic heterocycles. The van der Waals surface area contributed by atoms with Gasteiger partial charge in [-0.2, -0.15) is 5.10 Å². The number of amides is 2. The molecule has 1 saturated heterocycles. The van der Waals surface area contributed by atoms with E-state index in [2.05, 4.69) is 20.7 Å². The summed E-state index contributed by atoms with van der Waals surface area (Å²) in [5, 5.41) is 9.75. The lowest BCUT2D eigenvalue weighted by atomic mass is 10.1. The molecule has 0 aliphatic carbocycles. The Bertz CT molecular complexity index is 1080. The fourth-order valence-corrected chi connectivity index (χ4v) is 2.90. The molecule has 4 rings (SSSR count). The number of ether oxygens (including phenoxy) is 1. The summed E-state index contributed by atoms with van der Waals surface area (Å²) in [5.41, 5.74) is 2.53. The van der Waals surface area contributed by atoms with Crippen LogP contribution < -0.4 is 15.4 Å². The maximum Gasteiger partial charge on any atom is 0.254 e. The number of imide groups is 1. The molecule has 8 nitrogen and oxygen atoms in total. The molecule has 2 aromatic heterocycles. The van der Waals surface area contributed by atoms with Crippen LogP contribution in [0.5, 0.6) is 5.75 Å². The zero-order valence-electron chi connectivity index (χ0n) is 15.5. The monoisotopic (exact) mass is 377 g/mol. The largest absolute Gasteiger partial charge is 0.491 e. The van der Waals surface area contributed by atoms with E-state index in [0.717, 1.165) is 11.4 Å². The first-order valence-corrected chi connectivity index (χ1v) is 8.91. The first kappa shape index (κ1) is 17.7. The molecule has 0 radical (unpaired) electrons. The van der Waals surface area contributed by atoms with Gasteiger partial charge in [-0.05, 0) is 50.3 Å². The molecule has 2 amide bonds. The summed E-state index contributed by atoms with van der Waals surface area (Å²) >= 11 is 0. The van der Waals surface area contributed by atoms with Crippen molar-refractivity contribution in [3.63, 3.8) is 0 Å². The van der Waals surface area contributed by atoms with Crippen LogP contribution in [-0.2, 0) is 9.59 Å². The molecule has 0 bridgehead atoms. The minimum absolute atomic E-state index is 0.0684. The van der Waals surface area contributed by atoms with Gasteiger partial charge in [0.05, 0.1) is 18.7 Å². The fraction of sp³-hybridized carbons (Fsp3) is 0.200. The molecular formula is C20H19N5O3. The predicted molar refractivity (Wildman–Crippen MR) is 104 cm³/mol. The Balaban J connectivity index is 1.58.